The number of aromatic nitrogens is 2. The van der Waals surface area contributed by atoms with Gasteiger partial charge in [-0.1, -0.05) is 35.5 Å². The highest BCUT2D eigenvalue weighted by atomic mass is 35.5. The SMILES string of the molecule is C[C@@H]1OCC2(CCN(c3cnc(Sc4cccc(NC(=O)CCC(=O)NCCCOCCOCCOCCCNc5cccc6c5C(=O)N(C5CCC(=O)NC5=O)C6=O)c4Cl)c(N)n3)CC2)[C@@H]1N. The Balaban J connectivity index is 0.691. The van der Waals surface area contributed by atoms with Gasteiger partial charge in [-0.2, -0.15) is 0 Å². The van der Waals surface area contributed by atoms with Gasteiger partial charge in [-0.25, -0.2) is 9.97 Å². The first kappa shape index (κ1) is 50.5. The van der Waals surface area contributed by atoms with E-state index in [9.17, 15) is 28.8 Å². The lowest BCUT2D eigenvalue weighted by atomic mass is 9.73. The molecule has 68 heavy (non-hydrogen) atoms. The number of hydrogen-bond acceptors (Lipinski definition) is 17. The van der Waals surface area contributed by atoms with Crippen LogP contribution in [0.15, 0.2) is 52.5 Å². The van der Waals surface area contributed by atoms with Crippen molar-refractivity contribution < 1.29 is 47.7 Å². The standard InChI is InChI=1S/C46H59ClN10O10S/c1-28-40(48)46(27-67-28)14-18-56(19-15-46)34-26-52-43(41(49)54-34)68-33-9-3-8-31(39(33)47)53-36(59)13-12-35(58)51-17-5-21-65-23-25-66-24-22-64-20-4-16-50-30-7-2-6-29-38(30)45(63)57(44(29)62)32-10-11-37(60)55-42(32)61/h2-3,6-9,26,28,32,40,50H,4-5,10-25,27,48H2,1H3,(H2,49,54)(H,51,58)(H,53,59)(H,55,60,61)/t28-,32?,40+/m0/s1. The normalized spacial score (nSPS) is 19.9. The lowest BCUT2D eigenvalue weighted by Crippen LogP contribution is -2.54. The average Bonchev–Trinajstić information content (AvgIpc) is 3.74. The molecule has 366 valence electrons. The van der Waals surface area contributed by atoms with E-state index < -0.39 is 29.7 Å². The molecule has 6 amide bonds. The van der Waals surface area contributed by atoms with E-state index in [1.165, 1.54) is 11.8 Å². The van der Waals surface area contributed by atoms with Gasteiger partial charge in [0.25, 0.3) is 11.8 Å². The summed E-state index contributed by atoms with van der Waals surface area (Å²) in [5.41, 5.74) is 14.2. The Kier molecular flexibility index (Phi) is 17.6. The van der Waals surface area contributed by atoms with Crippen LogP contribution in [-0.4, -0.2) is 141 Å². The number of benzene rings is 2. The maximum Gasteiger partial charge on any atom is 0.264 e. The molecular formula is C46H59ClN10O10S. The number of imide groups is 2. The molecule has 3 fully saturated rings. The third-order valence-electron chi connectivity index (χ3n) is 12.5. The second kappa shape index (κ2) is 23.7. The van der Waals surface area contributed by atoms with Crippen LogP contribution in [0.5, 0.6) is 0 Å². The van der Waals surface area contributed by atoms with Crippen LogP contribution in [0.4, 0.5) is 23.0 Å². The molecule has 0 radical (unpaired) electrons. The number of nitrogens with two attached hydrogens (primary N) is 2. The number of carbonyl (C=O) groups is 6. The van der Waals surface area contributed by atoms with Gasteiger partial charge >= 0.3 is 0 Å². The van der Waals surface area contributed by atoms with Gasteiger partial charge in [0, 0.05) is 80.7 Å². The summed E-state index contributed by atoms with van der Waals surface area (Å²) in [4.78, 5) is 88.3. The van der Waals surface area contributed by atoms with Crippen LogP contribution in [-0.2, 0) is 38.1 Å². The van der Waals surface area contributed by atoms with E-state index in [1.54, 1.807) is 42.6 Å². The summed E-state index contributed by atoms with van der Waals surface area (Å²) in [5.74, 6) is -1.82. The molecule has 3 aromatic rings. The lowest BCUT2D eigenvalue weighted by molar-refractivity contribution is -0.136. The van der Waals surface area contributed by atoms with E-state index >= 15 is 0 Å². The zero-order chi connectivity index (χ0) is 48.2. The first-order valence-electron chi connectivity index (χ1n) is 22.9. The summed E-state index contributed by atoms with van der Waals surface area (Å²) < 4.78 is 22.6. The van der Waals surface area contributed by atoms with Crippen LogP contribution < -0.4 is 37.6 Å². The Morgan fingerprint density at radius 2 is 1.60 bits per heavy atom. The minimum Gasteiger partial charge on any atom is -0.384 e. The number of nitrogens with zero attached hydrogens (tertiary/aromatic N) is 4. The molecule has 7 rings (SSSR count). The number of ether oxygens (including phenoxy) is 4. The molecule has 1 aromatic heterocycles. The number of anilines is 4. The molecule has 3 saturated heterocycles. The number of halogens is 1. The molecule has 0 aliphatic carbocycles. The minimum absolute atomic E-state index is 0.00434. The van der Waals surface area contributed by atoms with Crippen LogP contribution in [0, 0.1) is 5.41 Å². The van der Waals surface area contributed by atoms with E-state index in [2.05, 4.69) is 36.1 Å². The van der Waals surface area contributed by atoms with Crippen LogP contribution in [0.25, 0.3) is 0 Å². The fraction of sp³-hybridized carbons (Fsp3) is 0.522. The summed E-state index contributed by atoms with van der Waals surface area (Å²) in [7, 11) is 0. The molecule has 1 unspecified atom stereocenters. The largest absolute Gasteiger partial charge is 0.384 e. The van der Waals surface area contributed by atoms with Crippen molar-refractivity contribution in [2.24, 2.45) is 11.1 Å². The Morgan fingerprint density at radius 3 is 2.29 bits per heavy atom. The minimum atomic E-state index is -1.02. The number of fused-ring (bicyclic) bond motifs is 1. The van der Waals surface area contributed by atoms with E-state index in [0.29, 0.717) is 104 Å². The van der Waals surface area contributed by atoms with Gasteiger partial charge in [0.15, 0.2) is 5.82 Å². The zero-order valence-corrected chi connectivity index (χ0v) is 39.6. The maximum absolute atomic E-state index is 13.2. The number of rotatable bonds is 23. The fourth-order valence-electron chi connectivity index (χ4n) is 8.59. The number of hydrogen-bond donors (Lipinski definition) is 6. The zero-order valence-electron chi connectivity index (χ0n) is 38.0. The number of nitrogen functional groups attached to an aromatic ring is 1. The molecule has 0 saturated carbocycles. The summed E-state index contributed by atoms with van der Waals surface area (Å²) in [6.07, 6.45) is 4.92. The highest BCUT2D eigenvalue weighted by molar-refractivity contribution is 7.99. The van der Waals surface area contributed by atoms with Crippen molar-refractivity contribution in [3.63, 3.8) is 0 Å². The second-order valence-corrected chi connectivity index (χ2v) is 18.5. The van der Waals surface area contributed by atoms with Crippen molar-refractivity contribution in [3.05, 3.63) is 58.7 Å². The molecule has 4 aliphatic rings. The highest BCUT2D eigenvalue weighted by Crippen LogP contribution is 2.43. The Morgan fingerprint density at radius 1 is 0.926 bits per heavy atom. The molecule has 3 atom stereocenters. The van der Waals surface area contributed by atoms with Gasteiger partial charge in [0.2, 0.25) is 23.6 Å². The van der Waals surface area contributed by atoms with Gasteiger partial charge in [0.1, 0.15) is 16.9 Å². The van der Waals surface area contributed by atoms with Gasteiger partial charge in [-0.15, -0.1) is 0 Å². The smallest absolute Gasteiger partial charge is 0.264 e. The van der Waals surface area contributed by atoms with Gasteiger partial charge in [-0.3, -0.25) is 39.0 Å². The monoisotopic (exact) mass is 978 g/mol. The summed E-state index contributed by atoms with van der Waals surface area (Å²) in [6, 6.07) is 9.18. The topological polar surface area (TPSA) is 272 Å². The van der Waals surface area contributed by atoms with Crippen LogP contribution in [0.3, 0.4) is 0 Å². The molecule has 2 aromatic carbocycles. The predicted octanol–water partition coefficient (Wildman–Crippen LogP) is 3.37. The summed E-state index contributed by atoms with van der Waals surface area (Å²) >= 11 is 7.95. The molecule has 1 spiro atoms. The van der Waals surface area contributed by atoms with E-state index in [0.717, 1.165) is 30.8 Å². The average molecular weight is 980 g/mol. The molecule has 5 heterocycles. The molecule has 0 bridgehead atoms. The Labute approximate surface area is 403 Å². The Bertz CT molecular complexity index is 2340. The van der Waals surface area contributed by atoms with Crippen LogP contribution in [0.1, 0.15) is 79.0 Å². The summed E-state index contributed by atoms with van der Waals surface area (Å²) in [5, 5.41) is 11.8. The number of amides is 6. The first-order valence-corrected chi connectivity index (χ1v) is 24.1. The van der Waals surface area contributed by atoms with Gasteiger partial charge < -0.3 is 51.3 Å². The van der Waals surface area contributed by atoms with Gasteiger partial charge in [0.05, 0.1) is 67.2 Å². The maximum atomic E-state index is 13.2. The predicted molar refractivity (Wildman–Crippen MR) is 253 cm³/mol. The van der Waals surface area contributed by atoms with Crippen molar-refractivity contribution >= 4 is 81.8 Å². The van der Waals surface area contributed by atoms with Crippen LogP contribution >= 0.6 is 23.4 Å². The van der Waals surface area contributed by atoms with E-state index in [1.807, 2.05) is 6.92 Å². The quantitative estimate of drug-likeness (QED) is 0.0587. The van der Waals surface area contributed by atoms with Crippen molar-refractivity contribution in [1.82, 2.24) is 25.5 Å². The summed E-state index contributed by atoms with van der Waals surface area (Å²) in [6.45, 7) is 7.53. The van der Waals surface area contributed by atoms with Gasteiger partial charge in [-0.05, 0) is 63.3 Å². The molecule has 8 N–H and O–H groups in total. The number of nitrogens with one attached hydrogen (secondary N) is 4. The molecule has 4 aliphatic heterocycles. The van der Waals surface area contributed by atoms with Crippen molar-refractivity contribution in [2.75, 3.05) is 93.7 Å². The third kappa shape index (κ3) is 12.4. The van der Waals surface area contributed by atoms with Crippen molar-refractivity contribution in [2.45, 2.75) is 86.4 Å². The molecule has 20 nitrogen and oxygen atoms in total. The highest BCUT2D eigenvalue weighted by Gasteiger charge is 2.48. The first-order chi connectivity index (χ1) is 32.8. The fourth-order valence-corrected chi connectivity index (χ4v) is 9.69. The van der Waals surface area contributed by atoms with Crippen molar-refractivity contribution in [1.29, 1.82) is 0 Å². The third-order valence-corrected chi connectivity index (χ3v) is 14.1. The van der Waals surface area contributed by atoms with Crippen LogP contribution in [0.2, 0.25) is 5.02 Å². The van der Waals surface area contributed by atoms with E-state index in [-0.39, 0.29) is 72.0 Å². The second-order valence-electron chi connectivity index (χ2n) is 17.1. The van der Waals surface area contributed by atoms with E-state index in [4.69, 9.17) is 42.0 Å². The molecular weight excluding hydrogens is 920 g/mol. The number of carbonyl (C=O) groups excluding carboxylic acids is 6. The van der Waals surface area contributed by atoms with Crippen molar-refractivity contribution in [3.8, 4) is 0 Å². The Hall–Kier alpha value is -5.42. The lowest BCUT2D eigenvalue weighted by Gasteiger charge is -2.41. The number of piperidine rings is 2. The molecule has 22 heteroatoms.